The largest absolute Gasteiger partial charge is 0.398 e. The van der Waals surface area contributed by atoms with Crippen LogP contribution < -0.4 is 5.73 Å². The molecule has 0 unspecified atom stereocenters. The number of carbonyl (C=O) groups excluding carboxylic acids is 1. The topological polar surface area (TPSA) is 56.0 Å². The fourth-order valence-electron chi connectivity index (χ4n) is 1.44. The quantitative estimate of drug-likeness (QED) is 0.655. The summed E-state index contributed by atoms with van der Waals surface area (Å²) in [6, 6.07) is 8.39. The van der Waals surface area contributed by atoms with Crippen LogP contribution in [0.3, 0.4) is 0 Å². The molecule has 0 saturated carbocycles. The maximum absolute atomic E-state index is 12.1. The van der Waals surface area contributed by atoms with Gasteiger partial charge >= 0.3 is 0 Å². The summed E-state index contributed by atoms with van der Waals surface area (Å²) in [4.78, 5) is 16.2. The highest BCUT2D eigenvalue weighted by atomic mass is 35.5. The summed E-state index contributed by atoms with van der Waals surface area (Å²) >= 11 is 5.88. The number of nitrogens with zero attached hydrogens (tertiary/aromatic N) is 1. The molecule has 86 valence electrons. The first-order valence-corrected chi connectivity index (χ1v) is 5.48. The third-order valence-electron chi connectivity index (χ3n) is 2.44. The third-order valence-corrected chi connectivity index (χ3v) is 2.76. The number of benzene rings is 1. The molecule has 0 aliphatic rings. The monoisotopic (exact) mass is 246 g/mol. The summed E-state index contributed by atoms with van der Waals surface area (Å²) in [6.45, 7) is 1.87. The zero-order valence-corrected chi connectivity index (χ0v) is 10.0. The van der Waals surface area contributed by atoms with E-state index in [0.717, 1.165) is 5.69 Å². The van der Waals surface area contributed by atoms with E-state index in [-0.39, 0.29) is 5.78 Å². The standard InChI is InChI=1S/C13H11ClN2O/c1-8-2-3-10(7-16-8)13(17)9-4-5-12(15)11(14)6-9/h2-7H,15H2,1H3. The highest BCUT2D eigenvalue weighted by Crippen LogP contribution is 2.21. The lowest BCUT2D eigenvalue weighted by atomic mass is 10.0. The minimum atomic E-state index is -0.112. The molecule has 3 nitrogen and oxygen atoms in total. The summed E-state index contributed by atoms with van der Waals surface area (Å²) < 4.78 is 0. The average Bonchev–Trinajstić information content (AvgIpc) is 2.33. The smallest absolute Gasteiger partial charge is 0.194 e. The first kappa shape index (κ1) is 11.6. The molecule has 1 heterocycles. The molecule has 2 aromatic rings. The van der Waals surface area contributed by atoms with Gasteiger partial charge in [-0.15, -0.1) is 0 Å². The first-order chi connectivity index (χ1) is 8.08. The van der Waals surface area contributed by atoms with Crippen molar-refractivity contribution in [3.8, 4) is 0 Å². The van der Waals surface area contributed by atoms with Gasteiger partial charge in [0.2, 0.25) is 0 Å². The van der Waals surface area contributed by atoms with Gasteiger partial charge in [-0.3, -0.25) is 9.78 Å². The van der Waals surface area contributed by atoms with E-state index in [0.29, 0.717) is 21.8 Å². The molecule has 2 N–H and O–H groups in total. The van der Waals surface area contributed by atoms with Crippen molar-refractivity contribution in [3.63, 3.8) is 0 Å². The van der Waals surface area contributed by atoms with Crippen molar-refractivity contribution in [3.05, 3.63) is 58.4 Å². The van der Waals surface area contributed by atoms with Crippen LogP contribution >= 0.6 is 11.6 Å². The molecule has 0 fully saturated rings. The van der Waals surface area contributed by atoms with E-state index in [9.17, 15) is 4.79 Å². The minimum absolute atomic E-state index is 0.112. The van der Waals surface area contributed by atoms with Gasteiger partial charge in [0.15, 0.2) is 5.78 Å². The van der Waals surface area contributed by atoms with Gasteiger partial charge in [-0.05, 0) is 37.3 Å². The predicted octanol–water partition coefficient (Wildman–Crippen LogP) is 2.86. The summed E-state index contributed by atoms with van der Waals surface area (Å²) in [5, 5.41) is 0.385. The van der Waals surface area contributed by atoms with Gasteiger partial charge in [0, 0.05) is 23.0 Å². The minimum Gasteiger partial charge on any atom is -0.398 e. The number of hydrogen-bond acceptors (Lipinski definition) is 3. The summed E-state index contributed by atoms with van der Waals surface area (Å²) in [7, 11) is 0. The number of ketones is 1. The molecular weight excluding hydrogens is 236 g/mol. The van der Waals surface area contributed by atoms with Crippen molar-refractivity contribution in [1.29, 1.82) is 0 Å². The van der Waals surface area contributed by atoms with E-state index in [4.69, 9.17) is 17.3 Å². The molecule has 0 amide bonds. The number of carbonyl (C=O) groups is 1. The number of hydrogen-bond donors (Lipinski definition) is 1. The van der Waals surface area contributed by atoms with E-state index in [1.807, 2.05) is 6.92 Å². The second kappa shape index (κ2) is 4.55. The Morgan fingerprint density at radius 1 is 1.24 bits per heavy atom. The Bertz CT molecular complexity index is 564. The molecule has 17 heavy (non-hydrogen) atoms. The highest BCUT2D eigenvalue weighted by Gasteiger charge is 2.10. The Balaban J connectivity index is 2.37. The van der Waals surface area contributed by atoms with Gasteiger partial charge in [0.25, 0.3) is 0 Å². The molecule has 0 aliphatic carbocycles. The highest BCUT2D eigenvalue weighted by molar-refractivity contribution is 6.33. The van der Waals surface area contributed by atoms with Gasteiger partial charge in [-0.1, -0.05) is 11.6 Å². The number of pyridine rings is 1. The van der Waals surface area contributed by atoms with Gasteiger partial charge in [0.05, 0.1) is 10.7 Å². The number of halogens is 1. The molecule has 0 spiro atoms. The number of nitrogen functional groups attached to an aromatic ring is 1. The van der Waals surface area contributed by atoms with Crippen molar-refractivity contribution in [2.24, 2.45) is 0 Å². The van der Waals surface area contributed by atoms with Gasteiger partial charge in [-0.25, -0.2) is 0 Å². The molecule has 0 radical (unpaired) electrons. The van der Waals surface area contributed by atoms with Gasteiger partial charge in [-0.2, -0.15) is 0 Å². The van der Waals surface area contributed by atoms with Crippen LogP contribution in [0.15, 0.2) is 36.5 Å². The van der Waals surface area contributed by atoms with E-state index >= 15 is 0 Å². The molecule has 1 aromatic heterocycles. The summed E-state index contributed by atoms with van der Waals surface area (Å²) in [5.74, 6) is -0.112. The van der Waals surface area contributed by atoms with Crippen LogP contribution in [0.25, 0.3) is 0 Å². The molecule has 0 saturated heterocycles. The van der Waals surface area contributed by atoms with Crippen molar-refractivity contribution >= 4 is 23.1 Å². The van der Waals surface area contributed by atoms with Gasteiger partial charge < -0.3 is 5.73 Å². The van der Waals surface area contributed by atoms with Crippen LogP contribution in [-0.4, -0.2) is 10.8 Å². The Morgan fingerprint density at radius 2 is 1.94 bits per heavy atom. The molecular formula is C13H11ClN2O. The maximum Gasteiger partial charge on any atom is 0.194 e. The lowest BCUT2D eigenvalue weighted by molar-refractivity contribution is 0.103. The third kappa shape index (κ3) is 2.45. The second-order valence-corrected chi connectivity index (χ2v) is 4.16. The Morgan fingerprint density at radius 3 is 2.53 bits per heavy atom. The van der Waals surface area contributed by atoms with E-state index in [1.54, 1.807) is 36.5 Å². The second-order valence-electron chi connectivity index (χ2n) is 3.75. The number of aromatic nitrogens is 1. The fourth-order valence-corrected chi connectivity index (χ4v) is 1.62. The first-order valence-electron chi connectivity index (χ1n) is 5.10. The zero-order chi connectivity index (χ0) is 12.4. The molecule has 4 heteroatoms. The SMILES string of the molecule is Cc1ccc(C(=O)c2ccc(N)c(Cl)c2)cn1. The predicted molar refractivity (Wildman–Crippen MR) is 68.3 cm³/mol. The number of rotatable bonds is 2. The van der Waals surface area contributed by atoms with Crippen LogP contribution in [0.5, 0.6) is 0 Å². The summed E-state index contributed by atoms with van der Waals surface area (Å²) in [6.07, 6.45) is 1.56. The Labute approximate surface area is 104 Å². The molecule has 0 bridgehead atoms. The number of nitrogens with two attached hydrogens (primary N) is 1. The van der Waals surface area contributed by atoms with Crippen LogP contribution in [0.4, 0.5) is 5.69 Å². The molecule has 2 rings (SSSR count). The van der Waals surface area contributed by atoms with Crippen LogP contribution in [-0.2, 0) is 0 Å². The maximum atomic E-state index is 12.1. The number of anilines is 1. The molecule has 0 atom stereocenters. The summed E-state index contributed by atoms with van der Waals surface area (Å²) in [5.41, 5.74) is 7.97. The lowest BCUT2D eigenvalue weighted by Gasteiger charge is -2.03. The average molecular weight is 247 g/mol. The molecule has 1 aromatic carbocycles. The van der Waals surface area contributed by atoms with Crippen LogP contribution in [0.1, 0.15) is 21.6 Å². The van der Waals surface area contributed by atoms with Crippen LogP contribution in [0.2, 0.25) is 5.02 Å². The van der Waals surface area contributed by atoms with Crippen molar-refractivity contribution in [1.82, 2.24) is 4.98 Å². The lowest BCUT2D eigenvalue weighted by Crippen LogP contribution is -2.02. The van der Waals surface area contributed by atoms with E-state index in [1.165, 1.54) is 0 Å². The number of aryl methyl sites for hydroxylation is 1. The van der Waals surface area contributed by atoms with Crippen molar-refractivity contribution < 1.29 is 4.79 Å². The van der Waals surface area contributed by atoms with Gasteiger partial charge in [0.1, 0.15) is 0 Å². The van der Waals surface area contributed by atoms with E-state index < -0.39 is 0 Å². The Kier molecular flexibility index (Phi) is 3.11. The van der Waals surface area contributed by atoms with Crippen molar-refractivity contribution in [2.75, 3.05) is 5.73 Å². The fraction of sp³-hybridized carbons (Fsp3) is 0.0769. The normalized spacial score (nSPS) is 10.2. The van der Waals surface area contributed by atoms with E-state index in [2.05, 4.69) is 4.98 Å². The Hall–Kier alpha value is -1.87. The van der Waals surface area contributed by atoms with Crippen molar-refractivity contribution in [2.45, 2.75) is 6.92 Å². The molecule has 0 aliphatic heterocycles. The zero-order valence-electron chi connectivity index (χ0n) is 9.27. The van der Waals surface area contributed by atoms with Crippen LogP contribution in [0, 0.1) is 6.92 Å².